The molecule has 0 aliphatic heterocycles. The molecule has 0 heterocycles. The van der Waals surface area contributed by atoms with Gasteiger partial charge in [-0.3, -0.25) is 19.2 Å². The number of carbonyl (C=O) groups excluding carboxylic acids is 1. The number of amides is 1. The summed E-state index contributed by atoms with van der Waals surface area (Å²) in [6.45, 7) is 1.13. The quantitative estimate of drug-likeness (QED) is 0.394. The lowest BCUT2D eigenvalue weighted by atomic mass is 10.1. The van der Waals surface area contributed by atoms with E-state index in [4.69, 9.17) is 4.74 Å². The third kappa shape index (κ3) is 6.01. The summed E-state index contributed by atoms with van der Waals surface area (Å²) < 4.78 is 30.3. The normalized spacial score (nSPS) is 11.6. The molecule has 2 aromatic rings. The van der Waals surface area contributed by atoms with E-state index < -0.39 is 27.4 Å². The number of hydrogen-bond acceptors (Lipinski definition) is 7. The number of carbonyl (C=O) groups is 1. The van der Waals surface area contributed by atoms with Gasteiger partial charge in [-0.25, -0.2) is 13.8 Å². The zero-order valence-electron chi connectivity index (χ0n) is 16.0. The molecule has 0 saturated carbocycles. The summed E-state index contributed by atoms with van der Waals surface area (Å²) in [6, 6.07) is 12.0. The van der Waals surface area contributed by atoms with Crippen molar-refractivity contribution in [2.45, 2.75) is 6.92 Å². The number of nitrogens with zero attached hydrogens (tertiary/aromatic N) is 3. The van der Waals surface area contributed by atoms with Crippen LogP contribution < -0.4 is 14.5 Å². The zero-order chi connectivity index (χ0) is 21.6. The lowest BCUT2D eigenvalue weighted by molar-refractivity contribution is -0.384. The molecule has 0 radical (unpaired) electrons. The van der Waals surface area contributed by atoms with Gasteiger partial charge in [-0.2, -0.15) is 5.10 Å². The molecule has 2 aromatic carbocycles. The van der Waals surface area contributed by atoms with Gasteiger partial charge in [0.15, 0.2) is 0 Å². The van der Waals surface area contributed by atoms with Gasteiger partial charge >= 0.3 is 0 Å². The van der Waals surface area contributed by atoms with Gasteiger partial charge in [0, 0.05) is 18.2 Å². The highest BCUT2D eigenvalue weighted by molar-refractivity contribution is 7.92. The van der Waals surface area contributed by atoms with Crippen molar-refractivity contribution >= 4 is 33.0 Å². The summed E-state index contributed by atoms with van der Waals surface area (Å²) in [5.41, 5.74) is 3.49. The van der Waals surface area contributed by atoms with E-state index in [0.29, 0.717) is 17.0 Å². The van der Waals surface area contributed by atoms with Crippen molar-refractivity contribution in [3.63, 3.8) is 0 Å². The Morgan fingerprint density at radius 1 is 1.24 bits per heavy atom. The van der Waals surface area contributed by atoms with Crippen LogP contribution in [0.1, 0.15) is 12.5 Å². The van der Waals surface area contributed by atoms with Crippen LogP contribution in [0.2, 0.25) is 0 Å². The van der Waals surface area contributed by atoms with E-state index in [1.807, 2.05) is 0 Å². The molecule has 0 spiro atoms. The minimum atomic E-state index is -3.74. The van der Waals surface area contributed by atoms with Gasteiger partial charge in [0.2, 0.25) is 10.0 Å². The van der Waals surface area contributed by atoms with Gasteiger partial charge in [0.05, 0.1) is 29.7 Å². The number of hydrogen-bond donors (Lipinski definition) is 1. The molecular weight excluding hydrogens is 400 g/mol. The Hall–Kier alpha value is -3.47. The standard InChI is InChI=1S/C18H20N4O6S/c1-13(14-7-9-15(10-8-14)22(24)25)19-20-18(23)12-21(29(3,26)27)16-5-4-6-17(11-16)28-2/h4-11H,12H2,1-3H3,(H,20,23)/b19-13-. The molecule has 0 unspecified atom stereocenters. The third-order valence-corrected chi connectivity index (χ3v) is 5.01. The molecule has 0 aliphatic carbocycles. The van der Waals surface area contributed by atoms with Gasteiger partial charge in [-0.1, -0.05) is 6.07 Å². The molecule has 0 bridgehead atoms. The van der Waals surface area contributed by atoms with Crippen molar-refractivity contribution < 1.29 is 22.9 Å². The number of non-ortho nitro benzene ring substituents is 1. The molecule has 0 aliphatic rings. The van der Waals surface area contributed by atoms with Crippen LogP contribution in [0.3, 0.4) is 0 Å². The van der Waals surface area contributed by atoms with Crippen LogP contribution in [0.25, 0.3) is 0 Å². The smallest absolute Gasteiger partial charge is 0.269 e. The van der Waals surface area contributed by atoms with E-state index in [1.54, 1.807) is 25.1 Å². The molecular formula is C18H20N4O6S. The van der Waals surface area contributed by atoms with Gasteiger partial charge in [0.1, 0.15) is 12.3 Å². The Morgan fingerprint density at radius 2 is 1.90 bits per heavy atom. The van der Waals surface area contributed by atoms with Crippen LogP contribution in [0.15, 0.2) is 53.6 Å². The number of nitro benzene ring substituents is 1. The summed E-state index contributed by atoms with van der Waals surface area (Å²) >= 11 is 0. The second-order valence-electron chi connectivity index (χ2n) is 6.01. The molecule has 0 fully saturated rings. The number of nitro groups is 1. The lowest BCUT2D eigenvalue weighted by Crippen LogP contribution is -2.39. The van der Waals surface area contributed by atoms with Gasteiger partial charge in [-0.15, -0.1) is 0 Å². The lowest BCUT2D eigenvalue weighted by Gasteiger charge is -2.21. The zero-order valence-corrected chi connectivity index (χ0v) is 16.8. The van der Waals surface area contributed by atoms with E-state index in [0.717, 1.165) is 10.6 Å². The predicted octanol–water partition coefficient (Wildman–Crippen LogP) is 1.91. The number of nitrogens with one attached hydrogen (secondary N) is 1. The number of sulfonamides is 1. The van der Waals surface area contributed by atoms with Crippen LogP contribution >= 0.6 is 0 Å². The molecule has 0 atom stereocenters. The molecule has 2 rings (SSSR count). The molecule has 154 valence electrons. The highest BCUT2D eigenvalue weighted by atomic mass is 32.2. The molecule has 0 saturated heterocycles. The first-order chi connectivity index (χ1) is 13.6. The van der Waals surface area contributed by atoms with E-state index in [-0.39, 0.29) is 11.4 Å². The number of anilines is 1. The van der Waals surface area contributed by atoms with Gasteiger partial charge in [0.25, 0.3) is 11.6 Å². The number of ether oxygens (including phenoxy) is 1. The van der Waals surface area contributed by atoms with E-state index >= 15 is 0 Å². The van der Waals surface area contributed by atoms with Crippen LogP contribution in [-0.2, 0) is 14.8 Å². The fourth-order valence-corrected chi connectivity index (χ4v) is 3.21. The van der Waals surface area contributed by atoms with Gasteiger partial charge < -0.3 is 4.74 Å². The maximum Gasteiger partial charge on any atom is 0.269 e. The summed E-state index contributed by atoms with van der Waals surface area (Å²) in [5.74, 6) is -0.205. The van der Waals surface area contributed by atoms with Crippen molar-refractivity contribution in [2.75, 3.05) is 24.2 Å². The summed E-state index contributed by atoms with van der Waals surface area (Å²) in [7, 11) is -2.29. The van der Waals surface area contributed by atoms with Crippen molar-refractivity contribution in [3.8, 4) is 5.75 Å². The first kappa shape index (κ1) is 21.8. The largest absolute Gasteiger partial charge is 0.497 e. The van der Waals surface area contributed by atoms with Crippen molar-refractivity contribution in [1.82, 2.24) is 5.43 Å². The minimum absolute atomic E-state index is 0.0623. The Bertz CT molecular complexity index is 1030. The summed E-state index contributed by atoms with van der Waals surface area (Å²) in [5, 5.41) is 14.6. The van der Waals surface area contributed by atoms with Crippen LogP contribution in [0.4, 0.5) is 11.4 Å². The number of rotatable bonds is 8. The predicted molar refractivity (Wildman–Crippen MR) is 109 cm³/mol. The minimum Gasteiger partial charge on any atom is -0.497 e. The van der Waals surface area contributed by atoms with E-state index in [9.17, 15) is 23.3 Å². The molecule has 29 heavy (non-hydrogen) atoms. The highest BCUT2D eigenvalue weighted by Gasteiger charge is 2.21. The topological polar surface area (TPSA) is 131 Å². The Morgan fingerprint density at radius 3 is 2.45 bits per heavy atom. The maximum atomic E-state index is 12.3. The molecule has 1 amide bonds. The van der Waals surface area contributed by atoms with Crippen LogP contribution in [-0.4, -0.2) is 44.9 Å². The highest BCUT2D eigenvalue weighted by Crippen LogP contribution is 2.22. The van der Waals surface area contributed by atoms with Crippen molar-refractivity contribution in [2.24, 2.45) is 5.10 Å². The Kier molecular flexibility index (Phi) is 6.89. The van der Waals surface area contributed by atoms with Crippen molar-refractivity contribution in [1.29, 1.82) is 0 Å². The summed E-state index contributed by atoms with van der Waals surface area (Å²) in [6.07, 6.45) is 0.991. The number of hydrazone groups is 1. The fraction of sp³-hybridized carbons (Fsp3) is 0.222. The van der Waals surface area contributed by atoms with E-state index in [1.165, 1.54) is 37.4 Å². The van der Waals surface area contributed by atoms with Crippen LogP contribution in [0.5, 0.6) is 5.75 Å². The maximum absolute atomic E-state index is 12.3. The number of benzene rings is 2. The molecule has 11 heteroatoms. The van der Waals surface area contributed by atoms with Crippen LogP contribution in [0, 0.1) is 10.1 Å². The average molecular weight is 420 g/mol. The second-order valence-corrected chi connectivity index (χ2v) is 7.91. The fourth-order valence-electron chi connectivity index (χ4n) is 2.37. The molecule has 1 N–H and O–H groups in total. The average Bonchev–Trinajstić information content (AvgIpc) is 2.69. The van der Waals surface area contributed by atoms with Gasteiger partial charge in [-0.05, 0) is 36.8 Å². The molecule has 0 aromatic heterocycles. The third-order valence-electron chi connectivity index (χ3n) is 3.87. The number of methoxy groups -OCH3 is 1. The second kappa shape index (κ2) is 9.15. The Balaban J connectivity index is 2.13. The molecule has 10 nitrogen and oxygen atoms in total. The summed E-state index contributed by atoms with van der Waals surface area (Å²) in [4.78, 5) is 22.4. The Labute approximate surface area is 168 Å². The van der Waals surface area contributed by atoms with Crippen molar-refractivity contribution in [3.05, 3.63) is 64.2 Å². The van der Waals surface area contributed by atoms with E-state index in [2.05, 4.69) is 10.5 Å². The SMILES string of the molecule is COc1cccc(N(CC(=O)N/N=C(/C)c2ccc([N+](=O)[O-])cc2)S(C)(=O)=O)c1. The first-order valence-corrected chi connectivity index (χ1v) is 10.2. The first-order valence-electron chi connectivity index (χ1n) is 8.31. The monoisotopic (exact) mass is 420 g/mol.